The number of halogens is 1. The smallest absolute Gasteiger partial charge is 0.179 e. The Bertz CT molecular complexity index is 526. The molecule has 2 rings (SSSR count). The van der Waals surface area contributed by atoms with Crippen LogP contribution in [-0.4, -0.2) is 49.9 Å². The van der Waals surface area contributed by atoms with Crippen LogP contribution in [0, 0.1) is 0 Å². The molecule has 0 amide bonds. The maximum absolute atomic E-state index is 12.3. The Balaban J connectivity index is 1.98. The first-order chi connectivity index (χ1) is 9.53. The zero-order valence-corrected chi connectivity index (χ0v) is 13.7. The van der Waals surface area contributed by atoms with E-state index in [0.717, 1.165) is 17.3 Å². The van der Waals surface area contributed by atoms with Crippen molar-refractivity contribution in [1.29, 1.82) is 0 Å². The molecule has 6 heteroatoms. The molecule has 0 aromatic heterocycles. The normalized spacial score (nSPS) is 16.4. The minimum atomic E-state index is -3.25. The maximum atomic E-state index is 12.3. The molecule has 1 aromatic rings. The number of hydrogen-bond acceptors (Lipinski definition) is 4. The molecular formula is C14H20BrNO3S. The van der Waals surface area contributed by atoms with Gasteiger partial charge in [0, 0.05) is 23.6 Å². The van der Waals surface area contributed by atoms with Crippen LogP contribution in [0.5, 0.6) is 0 Å². The van der Waals surface area contributed by atoms with E-state index in [-0.39, 0.29) is 12.4 Å². The number of benzene rings is 1. The van der Waals surface area contributed by atoms with Gasteiger partial charge in [-0.3, -0.25) is 4.90 Å². The predicted molar refractivity (Wildman–Crippen MR) is 82.5 cm³/mol. The van der Waals surface area contributed by atoms with E-state index >= 15 is 0 Å². The standard InChI is InChI=1S/C14H20BrNO3S/c15-12-4-6-14(7-5-12)20(18,19)11-9-16(8-10-17)13-2-1-3-13/h4-7,13,17H,1-3,8-11H2. The van der Waals surface area contributed by atoms with Crippen molar-refractivity contribution in [3.8, 4) is 0 Å². The second-order valence-corrected chi connectivity index (χ2v) is 8.14. The fourth-order valence-corrected chi connectivity index (χ4v) is 3.88. The molecule has 20 heavy (non-hydrogen) atoms. The first-order valence-electron chi connectivity index (χ1n) is 6.86. The van der Waals surface area contributed by atoms with Gasteiger partial charge in [0.2, 0.25) is 0 Å². The number of nitrogens with zero attached hydrogens (tertiary/aromatic N) is 1. The lowest BCUT2D eigenvalue weighted by Crippen LogP contribution is -2.44. The molecule has 0 bridgehead atoms. The maximum Gasteiger partial charge on any atom is 0.179 e. The Morgan fingerprint density at radius 3 is 2.35 bits per heavy atom. The highest BCUT2D eigenvalue weighted by atomic mass is 79.9. The second-order valence-electron chi connectivity index (χ2n) is 5.12. The van der Waals surface area contributed by atoms with Gasteiger partial charge in [-0.2, -0.15) is 0 Å². The monoisotopic (exact) mass is 361 g/mol. The minimum absolute atomic E-state index is 0.0782. The number of rotatable bonds is 7. The van der Waals surface area contributed by atoms with E-state index in [1.807, 2.05) is 0 Å². The van der Waals surface area contributed by atoms with Crippen LogP contribution in [0.2, 0.25) is 0 Å². The van der Waals surface area contributed by atoms with E-state index in [4.69, 9.17) is 5.11 Å². The summed E-state index contributed by atoms with van der Waals surface area (Å²) in [7, 11) is -3.25. The SMILES string of the molecule is O=S(=O)(CCN(CCO)C1CCC1)c1ccc(Br)cc1. The van der Waals surface area contributed by atoms with Gasteiger partial charge in [-0.25, -0.2) is 8.42 Å². The van der Waals surface area contributed by atoms with E-state index in [9.17, 15) is 8.42 Å². The molecule has 1 fully saturated rings. The van der Waals surface area contributed by atoms with Gasteiger partial charge in [0.25, 0.3) is 0 Å². The van der Waals surface area contributed by atoms with E-state index < -0.39 is 9.84 Å². The molecule has 1 saturated carbocycles. The van der Waals surface area contributed by atoms with Gasteiger partial charge in [-0.1, -0.05) is 22.4 Å². The van der Waals surface area contributed by atoms with E-state index in [1.165, 1.54) is 6.42 Å². The molecule has 0 heterocycles. The Hall–Kier alpha value is -0.430. The van der Waals surface area contributed by atoms with Gasteiger partial charge in [-0.05, 0) is 37.1 Å². The Kier molecular flexibility index (Phi) is 5.60. The first-order valence-corrected chi connectivity index (χ1v) is 9.31. The van der Waals surface area contributed by atoms with Crippen LogP contribution in [-0.2, 0) is 9.84 Å². The van der Waals surface area contributed by atoms with Gasteiger partial charge in [0.05, 0.1) is 17.3 Å². The average Bonchev–Trinajstić information content (AvgIpc) is 2.35. The lowest BCUT2D eigenvalue weighted by Gasteiger charge is -2.37. The van der Waals surface area contributed by atoms with Gasteiger partial charge >= 0.3 is 0 Å². The van der Waals surface area contributed by atoms with Crippen molar-refractivity contribution in [2.45, 2.75) is 30.2 Å². The summed E-state index contributed by atoms with van der Waals surface area (Å²) in [5.74, 6) is 0.102. The predicted octanol–water partition coefficient (Wildman–Crippen LogP) is 2.07. The van der Waals surface area contributed by atoms with Crippen molar-refractivity contribution in [2.75, 3.05) is 25.4 Å². The number of aliphatic hydroxyl groups excluding tert-OH is 1. The third kappa shape index (κ3) is 4.04. The van der Waals surface area contributed by atoms with Gasteiger partial charge < -0.3 is 5.11 Å². The van der Waals surface area contributed by atoms with Crippen molar-refractivity contribution in [3.05, 3.63) is 28.7 Å². The quantitative estimate of drug-likeness (QED) is 0.807. The Morgan fingerprint density at radius 2 is 1.85 bits per heavy atom. The van der Waals surface area contributed by atoms with Gasteiger partial charge in [-0.15, -0.1) is 0 Å². The van der Waals surface area contributed by atoms with Crippen LogP contribution in [0.25, 0.3) is 0 Å². The summed E-state index contributed by atoms with van der Waals surface area (Å²) in [5, 5.41) is 9.09. The molecule has 0 unspecified atom stereocenters. The zero-order chi connectivity index (χ0) is 14.6. The molecule has 0 aliphatic heterocycles. The molecule has 1 aliphatic carbocycles. The minimum Gasteiger partial charge on any atom is -0.395 e. The molecule has 0 spiro atoms. The summed E-state index contributed by atoms with van der Waals surface area (Å²) in [5.41, 5.74) is 0. The molecular weight excluding hydrogens is 342 g/mol. The summed E-state index contributed by atoms with van der Waals surface area (Å²) in [6.07, 6.45) is 3.42. The Labute approximate surface area is 128 Å². The molecule has 1 aromatic carbocycles. The van der Waals surface area contributed by atoms with E-state index in [1.54, 1.807) is 24.3 Å². The lowest BCUT2D eigenvalue weighted by molar-refractivity contribution is 0.108. The highest BCUT2D eigenvalue weighted by molar-refractivity contribution is 9.10. The lowest BCUT2D eigenvalue weighted by atomic mass is 9.91. The third-order valence-corrected chi connectivity index (χ3v) is 6.04. The van der Waals surface area contributed by atoms with Crippen LogP contribution in [0.1, 0.15) is 19.3 Å². The largest absolute Gasteiger partial charge is 0.395 e. The topological polar surface area (TPSA) is 57.6 Å². The highest BCUT2D eigenvalue weighted by Crippen LogP contribution is 2.25. The highest BCUT2D eigenvalue weighted by Gasteiger charge is 2.26. The number of sulfone groups is 1. The van der Waals surface area contributed by atoms with Crippen molar-refractivity contribution in [2.24, 2.45) is 0 Å². The molecule has 1 aliphatic rings. The fourth-order valence-electron chi connectivity index (χ4n) is 2.35. The van der Waals surface area contributed by atoms with Crippen LogP contribution >= 0.6 is 15.9 Å². The van der Waals surface area contributed by atoms with Gasteiger partial charge in [0.1, 0.15) is 0 Å². The van der Waals surface area contributed by atoms with Crippen molar-refractivity contribution in [3.63, 3.8) is 0 Å². The zero-order valence-electron chi connectivity index (χ0n) is 11.3. The molecule has 1 N–H and O–H groups in total. The molecule has 0 radical (unpaired) electrons. The summed E-state index contributed by atoms with van der Waals surface area (Å²) in [6, 6.07) is 7.18. The average molecular weight is 362 g/mol. The van der Waals surface area contributed by atoms with Crippen LogP contribution < -0.4 is 0 Å². The third-order valence-electron chi connectivity index (χ3n) is 3.80. The molecule has 4 nitrogen and oxygen atoms in total. The summed E-state index contributed by atoms with van der Waals surface area (Å²) in [4.78, 5) is 2.46. The summed E-state index contributed by atoms with van der Waals surface area (Å²) in [6.45, 7) is 1.12. The first kappa shape index (κ1) is 15.9. The summed E-state index contributed by atoms with van der Waals surface area (Å²) >= 11 is 3.30. The number of hydrogen-bond donors (Lipinski definition) is 1. The summed E-state index contributed by atoms with van der Waals surface area (Å²) < 4.78 is 25.4. The fraction of sp³-hybridized carbons (Fsp3) is 0.571. The van der Waals surface area contributed by atoms with Crippen LogP contribution in [0.3, 0.4) is 0 Å². The van der Waals surface area contributed by atoms with E-state index in [0.29, 0.717) is 24.0 Å². The van der Waals surface area contributed by atoms with Crippen molar-refractivity contribution < 1.29 is 13.5 Å². The molecule has 0 saturated heterocycles. The van der Waals surface area contributed by atoms with Crippen LogP contribution in [0.4, 0.5) is 0 Å². The second kappa shape index (κ2) is 7.02. The Morgan fingerprint density at radius 1 is 1.20 bits per heavy atom. The number of aliphatic hydroxyl groups is 1. The van der Waals surface area contributed by atoms with E-state index in [2.05, 4.69) is 20.8 Å². The molecule has 0 atom stereocenters. The van der Waals surface area contributed by atoms with Crippen molar-refractivity contribution >= 4 is 25.8 Å². The van der Waals surface area contributed by atoms with Crippen LogP contribution in [0.15, 0.2) is 33.6 Å². The van der Waals surface area contributed by atoms with Crippen molar-refractivity contribution in [1.82, 2.24) is 4.90 Å². The molecule has 112 valence electrons. The van der Waals surface area contributed by atoms with Gasteiger partial charge in [0.15, 0.2) is 9.84 Å².